The Morgan fingerprint density at radius 2 is 1.89 bits per heavy atom. The first-order chi connectivity index (χ1) is 8.65. The highest BCUT2D eigenvalue weighted by atomic mass is 35.5. The molecule has 3 nitrogen and oxygen atoms in total. The van der Waals surface area contributed by atoms with Crippen LogP contribution in [0.25, 0.3) is 0 Å². The van der Waals surface area contributed by atoms with E-state index in [1.54, 1.807) is 6.07 Å². The predicted octanol–water partition coefficient (Wildman–Crippen LogP) is 1.59. The summed E-state index contributed by atoms with van der Waals surface area (Å²) in [5.41, 5.74) is 6.76. The zero-order chi connectivity index (χ0) is 13.0. The third kappa shape index (κ3) is 5.03. The van der Waals surface area contributed by atoms with E-state index >= 15 is 0 Å². The lowest BCUT2D eigenvalue weighted by Crippen LogP contribution is -2.44. The van der Waals surface area contributed by atoms with E-state index in [4.69, 9.17) is 10.5 Å². The second-order valence-corrected chi connectivity index (χ2v) is 4.63. The molecular formula is C13H19ClF2N2O. The molecule has 1 aromatic carbocycles. The number of morpholine rings is 1. The van der Waals surface area contributed by atoms with Crippen LogP contribution in [0.4, 0.5) is 8.78 Å². The number of ether oxygens (including phenoxy) is 1. The van der Waals surface area contributed by atoms with E-state index in [0.717, 1.165) is 44.5 Å². The molecule has 1 heterocycles. The fraction of sp³-hybridized carbons (Fsp3) is 0.538. The highest BCUT2D eigenvalue weighted by Gasteiger charge is 2.14. The summed E-state index contributed by atoms with van der Waals surface area (Å²) in [4.78, 5) is 2.23. The fourth-order valence-corrected chi connectivity index (χ4v) is 2.15. The summed E-state index contributed by atoms with van der Waals surface area (Å²) in [5, 5.41) is 0. The van der Waals surface area contributed by atoms with Gasteiger partial charge in [-0.25, -0.2) is 8.78 Å². The molecule has 0 aliphatic carbocycles. The normalized spacial score (nSPS) is 17.8. The Morgan fingerprint density at radius 3 is 2.53 bits per heavy atom. The van der Waals surface area contributed by atoms with Crippen molar-refractivity contribution in [2.45, 2.75) is 12.5 Å². The van der Waals surface area contributed by atoms with E-state index in [1.165, 1.54) is 6.07 Å². The van der Waals surface area contributed by atoms with E-state index in [9.17, 15) is 8.78 Å². The Balaban J connectivity index is 0.00000180. The Hall–Kier alpha value is -0.750. The van der Waals surface area contributed by atoms with Crippen molar-refractivity contribution in [2.24, 2.45) is 5.73 Å². The van der Waals surface area contributed by atoms with Crippen molar-refractivity contribution in [1.29, 1.82) is 0 Å². The molecule has 0 saturated carbocycles. The summed E-state index contributed by atoms with van der Waals surface area (Å²) >= 11 is 0. The smallest absolute Gasteiger partial charge is 0.159 e. The van der Waals surface area contributed by atoms with Crippen molar-refractivity contribution in [3.63, 3.8) is 0 Å². The Bertz CT molecular complexity index is 400. The highest BCUT2D eigenvalue weighted by molar-refractivity contribution is 5.85. The van der Waals surface area contributed by atoms with Gasteiger partial charge in [0.15, 0.2) is 11.6 Å². The molecule has 0 amide bonds. The highest BCUT2D eigenvalue weighted by Crippen LogP contribution is 2.10. The average Bonchev–Trinajstić information content (AvgIpc) is 2.35. The molecule has 19 heavy (non-hydrogen) atoms. The molecule has 108 valence electrons. The van der Waals surface area contributed by atoms with E-state index in [0.29, 0.717) is 6.42 Å². The largest absolute Gasteiger partial charge is 0.379 e. The van der Waals surface area contributed by atoms with Crippen molar-refractivity contribution in [1.82, 2.24) is 4.90 Å². The molecular weight excluding hydrogens is 274 g/mol. The molecule has 0 bridgehead atoms. The second-order valence-electron chi connectivity index (χ2n) is 4.63. The number of nitrogens with two attached hydrogens (primary N) is 1. The van der Waals surface area contributed by atoms with E-state index in [1.807, 2.05) is 0 Å². The lowest BCUT2D eigenvalue weighted by atomic mass is 10.1. The Kier molecular flexibility index (Phi) is 6.65. The monoisotopic (exact) mass is 292 g/mol. The van der Waals surface area contributed by atoms with E-state index in [-0.39, 0.29) is 18.4 Å². The summed E-state index contributed by atoms with van der Waals surface area (Å²) in [5.74, 6) is -1.63. The van der Waals surface area contributed by atoms with Gasteiger partial charge < -0.3 is 10.5 Å². The lowest BCUT2D eigenvalue weighted by Gasteiger charge is -2.29. The summed E-state index contributed by atoms with van der Waals surface area (Å²) < 4.78 is 31.1. The van der Waals surface area contributed by atoms with Crippen LogP contribution in [0.2, 0.25) is 0 Å². The topological polar surface area (TPSA) is 38.5 Å². The van der Waals surface area contributed by atoms with Crippen LogP contribution in [0.5, 0.6) is 0 Å². The quantitative estimate of drug-likeness (QED) is 0.916. The van der Waals surface area contributed by atoms with E-state index < -0.39 is 11.6 Å². The number of benzene rings is 1. The maximum atomic E-state index is 13.0. The number of rotatable bonds is 4. The van der Waals surface area contributed by atoms with Gasteiger partial charge in [0.2, 0.25) is 0 Å². The minimum absolute atomic E-state index is 0. The van der Waals surface area contributed by atoms with Crippen LogP contribution >= 0.6 is 12.4 Å². The molecule has 1 saturated heterocycles. The van der Waals surface area contributed by atoms with Crippen LogP contribution in [0.1, 0.15) is 5.56 Å². The molecule has 6 heteroatoms. The van der Waals surface area contributed by atoms with Gasteiger partial charge >= 0.3 is 0 Å². The SMILES string of the molecule is Cl.N[C@H](Cc1ccc(F)c(F)c1)CN1CCOCC1. The zero-order valence-corrected chi connectivity index (χ0v) is 11.5. The van der Waals surface area contributed by atoms with Crippen LogP contribution in [-0.4, -0.2) is 43.8 Å². The number of hydrogen-bond acceptors (Lipinski definition) is 3. The molecule has 1 atom stereocenters. The minimum atomic E-state index is -0.819. The molecule has 1 fully saturated rings. The van der Waals surface area contributed by atoms with Crippen LogP contribution in [-0.2, 0) is 11.2 Å². The first kappa shape index (κ1) is 16.3. The summed E-state index contributed by atoms with van der Waals surface area (Å²) in [6, 6.07) is 3.87. The molecule has 2 rings (SSSR count). The fourth-order valence-electron chi connectivity index (χ4n) is 2.15. The summed E-state index contributed by atoms with van der Waals surface area (Å²) in [6.07, 6.45) is 0.550. The zero-order valence-electron chi connectivity index (χ0n) is 10.6. The molecule has 1 aliphatic rings. The molecule has 0 radical (unpaired) electrons. The Morgan fingerprint density at radius 1 is 1.21 bits per heavy atom. The third-order valence-electron chi connectivity index (χ3n) is 3.08. The maximum absolute atomic E-state index is 13.0. The molecule has 0 spiro atoms. The second kappa shape index (κ2) is 7.75. The predicted molar refractivity (Wildman–Crippen MR) is 72.5 cm³/mol. The van der Waals surface area contributed by atoms with Crippen molar-refractivity contribution in [3.8, 4) is 0 Å². The molecule has 2 N–H and O–H groups in total. The average molecular weight is 293 g/mol. The van der Waals surface area contributed by atoms with Gasteiger partial charge in [-0.1, -0.05) is 6.07 Å². The van der Waals surface area contributed by atoms with Gasteiger partial charge in [-0.05, 0) is 24.1 Å². The van der Waals surface area contributed by atoms with Crippen LogP contribution in [0, 0.1) is 11.6 Å². The number of hydrogen-bond donors (Lipinski definition) is 1. The van der Waals surface area contributed by atoms with Gasteiger partial charge in [0, 0.05) is 25.7 Å². The van der Waals surface area contributed by atoms with Crippen LogP contribution in [0.15, 0.2) is 18.2 Å². The van der Waals surface area contributed by atoms with Gasteiger partial charge in [0.05, 0.1) is 13.2 Å². The lowest BCUT2D eigenvalue weighted by molar-refractivity contribution is 0.0353. The van der Waals surface area contributed by atoms with Gasteiger partial charge in [0.25, 0.3) is 0 Å². The van der Waals surface area contributed by atoms with Crippen molar-refractivity contribution in [2.75, 3.05) is 32.8 Å². The van der Waals surface area contributed by atoms with Gasteiger partial charge in [-0.2, -0.15) is 0 Å². The first-order valence-corrected chi connectivity index (χ1v) is 6.15. The van der Waals surface area contributed by atoms with Crippen LogP contribution < -0.4 is 5.73 Å². The van der Waals surface area contributed by atoms with Crippen molar-refractivity contribution in [3.05, 3.63) is 35.4 Å². The summed E-state index contributed by atoms with van der Waals surface area (Å²) in [7, 11) is 0. The van der Waals surface area contributed by atoms with Gasteiger partial charge in [-0.15, -0.1) is 12.4 Å². The number of nitrogens with zero attached hydrogens (tertiary/aromatic N) is 1. The maximum Gasteiger partial charge on any atom is 0.159 e. The van der Waals surface area contributed by atoms with Gasteiger partial charge in [0.1, 0.15) is 0 Å². The molecule has 1 aromatic rings. The van der Waals surface area contributed by atoms with E-state index in [2.05, 4.69) is 4.90 Å². The third-order valence-corrected chi connectivity index (χ3v) is 3.08. The van der Waals surface area contributed by atoms with Crippen LogP contribution in [0.3, 0.4) is 0 Å². The minimum Gasteiger partial charge on any atom is -0.379 e. The standard InChI is InChI=1S/C13H18F2N2O.ClH/c14-12-2-1-10(8-13(12)15)7-11(16)9-17-3-5-18-6-4-17;/h1-2,8,11H,3-7,9,16H2;1H/t11-;/m1./s1. The number of halogens is 3. The van der Waals surface area contributed by atoms with Crippen molar-refractivity contribution < 1.29 is 13.5 Å². The van der Waals surface area contributed by atoms with Crippen molar-refractivity contribution >= 4 is 12.4 Å². The Labute approximate surface area is 118 Å². The molecule has 0 unspecified atom stereocenters. The first-order valence-electron chi connectivity index (χ1n) is 6.15. The van der Waals surface area contributed by atoms with Gasteiger partial charge in [-0.3, -0.25) is 4.90 Å². The molecule has 0 aromatic heterocycles. The summed E-state index contributed by atoms with van der Waals surface area (Å²) in [6.45, 7) is 3.98. The molecule has 1 aliphatic heterocycles.